The van der Waals surface area contributed by atoms with Crippen LogP contribution in [-0.4, -0.2) is 30.9 Å². The van der Waals surface area contributed by atoms with Crippen molar-refractivity contribution in [3.8, 4) is 5.75 Å². The van der Waals surface area contributed by atoms with E-state index >= 15 is 0 Å². The second kappa shape index (κ2) is 9.15. The molecule has 0 atom stereocenters. The molecule has 0 unspecified atom stereocenters. The number of benzene rings is 1. The van der Waals surface area contributed by atoms with Gasteiger partial charge in [-0.2, -0.15) is 0 Å². The molecule has 0 saturated carbocycles. The van der Waals surface area contributed by atoms with Crippen LogP contribution in [0.5, 0.6) is 5.75 Å². The Morgan fingerprint density at radius 2 is 1.80 bits per heavy atom. The van der Waals surface area contributed by atoms with Gasteiger partial charge in [-0.15, -0.1) is 6.58 Å². The monoisotopic (exact) mass is 278 g/mol. The van der Waals surface area contributed by atoms with Gasteiger partial charge in [-0.25, -0.2) is 4.79 Å². The number of hydrogen-bond donors (Lipinski definition) is 1. The van der Waals surface area contributed by atoms with E-state index in [1.165, 1.54) is 0 Å². The van der Waals surface area contributed by atoms with Gasteiger partial charge in [-0.05, 0) is 50.5 Å². The molecule has 1 aromatic carbocycles. The molecule has 110 valence electrons. The second-order valence-electron chi connectivity index (χ2n) is 4.70. The number of carbonyl (C=O) groups is 1. The summed E-state index contributed by atoms with van der Waals surface area (Å²) in [6, 6.07) is 6.43. The van der Waals surface area contributed by atoms with Gasteiger partial charge in [0.25, 0.3) is 0 Å². The average molecular weight is 278 g/mol. The molecule has 0 bridgehead atoms. The number of unbranched alkanes of at least 4 members (excludes halogenated alkanes) is 1. The van der Waals surface area contributed by atoms with Gasteiger partial charge in [0.05, 0.1) is 18.8 Å². The zero-order valence-corrected chi connectivity index (χ0v) is 11.9. The first kappa shape index (κ1) is 16.2. The quantitative estimate of drug-likeness (QED) is 0.525. The minimum Gasteiger partial charge on any atom is -0.494 e. The highest BCUT2D eigenvalue weighted by molar-refractivity contribution is 5.87. The lowest BCUT2D eigenvalue weighted by molar-refractivity contribution is 0.0697. The predicted octanol–water partition coefficient (Wildman–Crippen LogP) is 3.53. The zero-order chi connectivity index (χ0) is 14.8. The fourth-order valence-electron chi connectivity index (χ4n) is 1.54. The highest BCUT2D eigenvalue weighted by Gasteiger charge is 2.01. The zero-order valence-electron chi connectivity index (χ0n) is 11.9. The molecule has 1 rings (SSSR count). The van der Waals surface area contributed by atoms with Crippen LogP contribution in [0.4, 0.5) is 0 Å². The van der Waals surface area contributed by atoms with Crippen molar-refractivity contribution in [2.75, 3.05) is 19.8 Å². The van der Waals surface area contributed by atoms with Crippen molar-refractivity contribution in [1.29, 1.82) is 0 Å². The molecule has 0 amide bonds. The van der Waals surface area contributed by atoms with Crippen LogP contribution in [-0.2, 0) is 4.74 Å². The Kier molecular flexibility index (Phi) is 7.43. The molecule has 0 heterocycles. The molecule has 0 aliphatic carbocycles. The van der Waals surface area contributed by atoms with Gasteiger partial charge >= 0.3 is 5.97 Å². The van der Waals surface area contributed by atoms with Gasteiger partial charge in [0.2, 0.25) is 0 Å². The lowest BCUT2D eigenvalue weighted by Crippen LogP contribution is -2.02. The molecule has 0 aromatic heterocycles. The summed E-state index contributed by atoms with van der Waals surface area (Å²) in [5.74, 6) is -0.235. The van der Waals surface area contributed by atoms with E-state index in [4.69, 9.17) is 14.6 Å². The lowest BCUT2D eigenvalue weighted by atomic mass is 10.2. The summed E-state index contributed by atoms with van der Waals surface area (Å²) in [6.07, 6.45) is 2.77. The van der Waals surface area contributed by atoms with Crippen molar-refractivity contribution >= 4 is 5.97 Å². The number of hydrogen-bond acceptors (Lipinski definition) is 3. The van der Waals surface area contributed by atoms with E-state index in [0.29, 0.717) is 12.4 Å². The van der Waals surface area contributed by atoms with E-state index < -0.39 is 5.97 Å². The van der Waals surface area contributed by atoms with E-state index in [1.807, 2.05) is 6.92 Å². The van der Waals surface area contributed by atoms with Crippen LogP contribution in [0.15, 0.2) is 36.4 Å². The third-order valence-corrected chi connectivity index (χ3v) is 2.73. The Morgan fingerprint density at radius 3 is 2.40 bits per heavy atom. The molecule has 20 heavy (non-hydrogen) atoms. The van der Waals surface area contributed by atoms with Crippen LogP contribution in [0.1, 0.15) is 36.5 Å². The molecule has 0 radical (unpaired) electrons. The van der Waals surface area contributed by atoms with Gasteiger partial charge < -0.3 is 14.6 Å². The fourth-order valence-corrected chi connectivity index (χ4v) is 1.54. The highest BCUT2D eigenvalue weighted by atomic mass is 16.5. The summed E-state index contributed by atoms with van der Waals surface area (Å²) in [6.45, 7) is 7.88. The fraction of sp³-hybridized carbons (Fsp3) is 0.438. The van der Waals surface area contributed by atoms with Gasteiger partial charge in [-0.3, -0.25) is 0 Å². The van der Waals surface area contributed by atoms with Crippen LogP contribution < -0.4 is 4.74 Å². The largest absolute Gasteiger partial charge is 0.494 e. The van der Waals surface area contributed by atoms with E-state index in [1.54, 1.807) is 24.3 Å². The van der Waals surface area contributed by atoms with Gasteiger partial charge in [0, 0.05) is 6.61 Å². The molecular weight excluding hydrogens is 256 g/mol. The summed E-state index contributed by atoms with van der Waals surface area (Å²) >= 11 is 0. The third kappa shape index (κ3) is 6.95. The lowest BCUT2D eigenvalue weighted by Gasteiger charge is -2.07. The molecule has 0 aliphatic rings. The average Bonchev–Trinajstić information content (AvgIpc) is 2.42. The summed E-state index contributed by atoms with van der Waals surface area (Å²) in [5, 5.41) is 8.77. The maximum Gasteiger partial charge on any atom is 0.335 e. The van der Waals surface area contributed by atoms with Gasteiger partial charge in [0.1, 0.15) is 5.75 Å². The number of aromatic carboxylic acids is 1. The molecule has 0 saturated heterocycles. The van der Waals surface area contributed by atoms with E-state index in [-0.39, 0.29) is 5.56 Å². The van der Waals surface area contributed by atoms with E-state index in [2.05, 4.69) is 6.58 Å². The summed E-state index contributed by atoms with van der Waals surface area (Å²) in [4.78, 5) is 10.7. The van der Waals surface area contributed by atoms with Crippen molar-refractivity contribution in [2.45, 2.75) is 26.2 Å². The standard InChI is InChI=1S/C16H22O4/c1-13(2)9-12-19-10-3-4-11-20-15-7-5-14(6-8-15)16(17)18/h5-8H,1,3-4,9-12H2,2H3,(H,17,18). The molecule has 1 aromatic rings. The SMILES string of the molecule is C=C(C)CCOCCCCOc1ccc(C(=O)O)cc1. The maximum atomic E-state index is 10.7. The van der Waals surface area contributed by atoms with Crippen molar-refractivity contribution in [1.82, 2.24) is 0 Å². The summed E-state index contributed by atoms with van der Waals surface area (Å²) < 4.78 is 11.0. The Bertz CT molecular complexity index is 423. The molecule has 4 nitrogen and oxygen atoms in total. The first-order valence-electron chi connectivity index (χ1n) is 6.78. The van der Waals surface area contributed by atoms with Crippen LogP contribution in [0.25, 0.3) is 0 Å². The Balaban J connectivity index is 2.06. The van der Waals surface area contributed by atoms with Gasteiger partial charge in [-0.1, -0.05) is 5.57 Å². The first-order valence-corrected chi connectivity index (χ1v) is 6.78. The first-order chi connectivity index (χ1) is 9.59. The number of carboxylic acid groups (broad SMARTS) is 1. The predicted molar refractivity (Wildman–Crippen MR) is 78.4 cm³/mol. The topological polar surface area (TPSA) is 55.8 Å². The second-order valence-corrected chi connectivity index (χ2v) is 4.70. The molecule has 0 fully saturated rings. The summed E-state index contributed by atoms with van der Waals surface area (Å²) in [7, 11) is 0. The normalized spacial score (nSPS) is 10.2. The third-order valence-electron chi connectivity index (χ3n) is 2.73. The summed E-state index contributed by atoms with van der Waals surface area (Å²) in [5.41, 5.74) is 1.40. The van der Waals surface area contributed by atoms with Crippen LogP contribution in [0.3, 0.4) is 0 Å². The minimum absolute atomic E-state index is 0.267. The molecule has 4 heteroatoms. The van der Waals surface area contributed by atoms with Crippen molar-refractivity contribution in [3.05, 3.63) is 42.0 Å². The number of rotatable bonds is 10. The van der Waals surface area contributed by atoms with Crippen LogP contribution in [0.2, 0.25) is 0 Å². The molecule has 1 N–H and O–H groups in total. The Hall–Kier alpha value is -1.81. The van der Waals surface area contributed by atoms with Crippen molar-refractivity contribution < 1.29 is 19.4 Å². The molecule has 0 aliphatic heterocycles. The minimum atomic E-state index is -0.927. The van der Waals surface area contributed by atoms with Crippen molar-refractivity contribution in [3.63, 3.8) is 0 Å². The number of ether oxygens (including phenoxy) is 2. The molecular formula is C16H22O4. The smallest absolute Gasteiger partial charge is 0.335 e. The van der Waals surface area contributed by atoms with Crippen LogP contribution in [0, 0.1) is 0 Å². The Labute approximate surface area is 120 Å². The van der Waals surface area contributed by atoms with E-state index in [0.717, 1.165) is 38.0 Å². The van der Waals surface area contributed by atoms with Gasteiger partial charge in [0.15, 0.2) is 0 Å². The van der Waals surface area contributed by atoms with E-state index in [9.17, 15) is 4.79 Å². The number of carboxylic acids is 1. The Morgan fingerprint density at radius 1 is 1.15 bits per heavy atom. The molecule has 0 spiro atoms. The van der Waals surface area contributed by atoms with Crippen LogP contribution >= 0.6 is 0 Å². The highest BCUT2D eigenvalue weighted by Crippen LogP contribution is 2.12. The van der Waals surface area contributed by atoms with Crippen molar-refractivity contribution in [2.24, 2.45) is 0 Å². The maximum absolute atomic E-state index is 10.7.